The van der Waals surface area contributed by atoms with E-state index in [9.17, 15) is 23.2 Å². The van der Waals surface area contributed by atoms with E-state index in [2.05, 4.69) is 15.9 Å². The van der Waals surface area contributed by atoms with Crippen LogP contribution in [0.1, 0.15) is 30.0 Å². The molecule has 34 heavy (non-hydrogen) atoms. The summed E-state index contributed by atoms with van der Waals surface area (Å²) in [5.74, 6) is -0.394. The molecule has 0 heterocycles. The third-order valence-electron chi connectivity index (χ3n) is 4.94. The highest BCUT2D eigenvalue weighted by Crippen LogP contribution is 2.41. The van der Waals surface area contributed by atoms with E-state index >= 15 is 0 Å². The Morgan fingerprint density at radius 3 is 2.32 bits per heavy atom. The fourth-order valence-corrected chi connectivity index (χ4v) is 3.82. The van der Waals surface area contributed by atoms with E-state index in [0.29, 0.717) is 10.0 Å². The molecule has 0 aliphatic heterocycles. The topological polar surface area (TPSA) is 59.3 Å². The van der Waals surface area contributed by atoms with Gasteiger partial charge in [0.2, 0.25) is 0 Å². The summed E-state index contributed by atoms with van der Waals surface area (Å²) >= 11 is 9.39. The Balaban J connectivity index is 2.08. The van der Waals surface area contributed by atoms with Crippen LogP contribution in [0.25, 0.3) is 0 Å². The quantitative estimate of drug-likeness (QED) is 0.298. The molecule has 3 rings (SSSR count). The molecular formula is C25H18BrClF3NO3. The average molecular weight is 553 g/mol. The number of aryl methyl sites for hydroxylation is 1. The van der Waals surface area contributed by atoms with Crippen LogP contribution >= 0.6 is 27.5 Å². The highest BCUT2D eigenvalue weighted by molar-refractivity contribution is 9.10. The fourth-order valence-electron chi connectivity index (χ4n) is 3.21. The van der Waals surface area contributed by atoms with Crippen LogP contribution in [0.15, 0.2) is 65.1 Å². The average Bonchev–Trinajstić information content (AvgIpc) is 2.79. The van der Waals surface area contributed by atoms with Gasteiger partial charge in [-0.15, -0.1) is 0 Å². The summed E-state index contributed by atoms with van der Waals surface area (Å²) in [4.78, 5) is 13.0. The first-order valence-electron chi connectivity index (χ1n) is 10.0. The Kier molecular flexibility index (Phi) is 7.59. The van der Waals surface area contributed by atoms with Gasteiger partial charge in [-0.1, -0.05) is 52.7 Å². The Bertz CT molecular complexity index is 1270. The second-order valence-electron chi connectivity index (χ2n) is 7.38. The summed E-state index contributed by atoms with van der Waals surface area (Å²) in [6, 6.07) is 16.1. The predicted octanol–water partition coefficient (Wildman–Crippen LogP) is 8.00. The number of rotatable bonds is 7. The number of carbonyl (C=O) groups is 1. The number of nitrogens with zero attached hydrogens (tertiary/aromatic N) is 1. The van der Waals surface area contributed by atoms with Gasteiger partial charge in [-0.05, 0) is 55.0 Å². The monoisotopic (exact) mass is 551 g/mol. The molecule has 0 bridgehead atoms. The molecule has 4 nitrogen and oxygen atoms in total. The van der Waals surface area contributed by atoms with Crippen molar-refractivity contribution in [1.29, 1.82) is 5.26 Å². The molecule has 0 aromatic heterocycles. The lowest BCUT2D eigenvalue weighted by Gasteiger charge is -2.28. The van der Waals surface area contributed by atoms with Crippen molar-refractivity contribution in [2.24, 2.45) is 0 Å². The van der Waals surface area contributed by atoms with Crippen LogP contribution in [0.2, 0.25) is 5.02 Å². The lowest BCUT2D eigenvalue weighted by molar-refractivity contribution is -0.137. The minimum absolute atomic E-state index is 0.0207. The minimum Gasteiger partial charge on any atom is -0.457 e. The number of ether oxygens (including phenoxy) is 2. The van der Waals surface area contributed by atoms with Crippen LogP contribution in [0.4, 0.5) is 13.2 Å². The second-order valence-corrected chi connectivity index (χ2v) is 8.70. The zero-order valence-electron chi connectivity index (χ0n) is 18.0. The summed E-state index contributed by atoms with van der Waals surface area (Å²) in [5, 5.41) is 9.83. The number of halogens is 5. The van der Waals surface area contributed by atoms with Crippen LogP contribution in [-0.2, 0) is 16.6 Å². The van der Waals surface area contributed by atoms with Gasteiger partial charge in [-0.3, -0.25) is 4.79 Å². The fraction of sp³-hybridized carbons (Fsp3) is 0.200. The van der Waals surface area contributed by atoms with Crippen molar-refractivity contribution in [2.75, 3.05) is 0 Å². The van der Waals surface area contributed by atoms with Crippen LogP contribution < -0.4 is 9.47 Å². The molecule has 3 aromatic carbocycles. The molecule has 0 spiro atoms. The van der Waals surface area contributed by atoms with E-state index in [1.54, 1.807) is 50.2 Å². The number of Topliss-reactive ketones (excluding diaryl/α,β-unsaturated/α-hetero) is 1. The van der Waals surface area contributed by atoms with E-state index in [-0.39, 0.29) is 28.7 Å². The smallest absolute Gasteiger partial charge is 0.416 e. The lowest BCUT2D eigenvalue weighted by atomic mass is 9.89. The summed E-state index contributed by atoms with van der Waals surface area (Å²) in [5.41, 5.74) is -1.83. The van der Waals surface area contributed by atoms with Crippen molar-refractivity contribution in [3.63, 3.8) is 0 Å². The standard InChI is InChI=1S/C25H18BrClF3NO3/c1-3-23(32)24(14-31,16-5-4-6-18(26)12-16)34-21-9-7-15(2)11-22(21)33-20-10-8-17(13-19(20)27)25(28,29)30/h4-13H,3H2,1-2H3. The van der Waals surface area contributed by atoms with E-state index in [4.69, 9.17) is 21.1 Å². The van der Waals surface area contributed by atoms with E-state index in [0.717, 1.165) is 23.8 Å². The second kappa shape index (κ2) is 10.1. The Morgan fingerprint density at radius 1 is 1.03 bits per heavy atom. The molecule has 0 aliphatic rings. The van der Waals surface area contributed by atoms with Gasteiger partial charge in [0, 0.05) is 16.5 Å². The summed E-state index contributed by atoms with van der Waals surface area (Å²) < 4.78 is 51.4. The SMILES string of the molecule is CCC(=O)C(C#N)(Oc1ccc(C)cc1Oc1ccc(C(F)(F)F)cc1Cl)c1cccc(Br)c1. The van der Waals surface area contributed by atoms with Crippen molar-refractivity contribution in [3.05, 3.63) is 86.8 Å². The van der Waals surface area contributed by atoms with Crippen molar-refractivity contribution < 1.29 is 27.4 Å². The van der Waals surface area contributed by atoms with E-state index < -0.39 is 23.1 Å². The number of hydrogen-bond acceptors (Lipinski definition) is 4. The normalized spacial score (nSPS) is 13.0. The summed E-state index contributed by atoms with van der Waals surface area (Å²) in [7, 11) is 0. The third-order valence-corrected chi connectivity index (χ3v) is 5.73. The van der Waals surface area contributed by atoms with Gasteiger partial charge in [0.1, 0.15) is 11.8 Å². The molecule has 0 aliphatic carbocycles. The zero-order chi connectivity index (χ0) is 25.1. The Morgan fingerprint density at radius 2 is 1.74 bits per heavy atom. The van der Waals surface area contributed by atoms with Crippen LogP contribution in [-0.4, -0.2) is 5.78 Å². The van der Waals surface area contributed by atoms with Crippen molar-refractivity contribution in [2.45, 2.75) is 32.0 Å². The van der Waals surface area contributed by atoms with E-state index in [1.165, 1.54) is 6.07 Å². The Labute approximate surface area is 208 Å². The molecule has 0 N–H and O–H groups in total. The number of alkyl halides is 3. The number of hydrogen-bond donors (Lipinski definition) is 0. The third kappa shape index (κ3) is 5.37. The molecule has 3 aromatic rings. The molecule has 9 heteroatoms. The van der Waals surface area contributed by atoms with Crippen molar-refractivity contribution in [1.82, 2.24) is 0 Å². The molecule has 176 valence electrons. The first-order chi connectivity index (χ1) is 16.0. The van der Waals surface area contributed by atoms with Gasteiger partial charge in [0.15, 0.2) is 17.3 Å². The minimum atomic E-state index is -4.56. The van der Waals surface area contributed by atoms with Crippen LogP contribution in [0.5, 0.6) is 17.2 Å². The molecule has 1 atom stereocenters. The number of benzene rings is 3. The highest BCUT2D eigenvalue weighted by atomic mass is 79.9. The molecule has 1 unspecified atom stereocenters. The van der Waals surface area contributed by atoms with Gasteiger partial charge in [0.25, 0.3) is 5.60 Å². The van der Waals surface area contributed by atoms with Gasteiger partial charge >= 0.3 is 6.18 Å². The van der Waals surface area contributed by atoms with Crippen molar-refractivity contribution >= 4 is 33.3 Å². The maximum atomic E-state index is 13.0. The number of nitriles is 1. The highest BCUT2D eigenvalue weighted by Gasteiger charge is 2.43. The Hall–Kier alpha value is -3.02. The van der Waals surface area contributed by atoms with Gasteiger partial charge in [-0.2, -0.15) is 18.4 Å². The molecule has 0 fully saturated rings. The maximum absolute atomic E-state index is 13.0. The zero-order valence-corrected chi connectivity index (χ0v) is 20.4. The largest absolute Gasteiger partial charge is 0.457 e. The molecule has 0 saturated heterocycles. The molecule has 0 amide bonds. The summed E-state index contributed by atoms with van der Waals surface area (Å²) in [6.07, 6.45) is -4.54. The van der Waals surface area contributed by atoms with Gasteiger partial charge in [0.05, 0.1) is 10.6 Å². The first kappa shape index (κ1) is 25.6. The number of ketones is 1. The lowest BCUT2D eigenvalue weighted by Crippen LogP contribution is -2.40. The maximum Gasteiger partial charge on any atom is 0.416 e. The van der Waals surface area contributed by atoms with Crippen LogP contribution in [0.3, 0.4) is 0 Å². The van der Waals surface area contributed by atoms with Gasteiger partial charge in [-0.25, -0.2) is 0 Å². The van der Waals surface area contributed by atoms with Gasteiger partial charge < -0.3 is 9.47 Å². The van der Waals surface area contributed by atoms with E-state index in [1.807, 2.05) is 6.07 Å². The summed E-state index contributed by atoms with van der Waals surface area (Å²) in [6.45, 7) is 3.39. The molecule has 0 radical (unpaired) electrons. The van der Waals surface area contributed by atoms with Crippen LogP contribution in [0, 0.1) is 18.3 Å². The molecule has 0 saturated carbocycles. The first-order valence-corrected chi connectivity index (χ1v) is 11.2. The number of carbonyl (C=O) groups excluding carboxylic acids is 1. The predicted molar refractivity (Wildman–Crippen MR) is 125 cm³/mol. The molecular weight excluding hydrogens is 535 g/mol. The van der Waals surface area contributed by atoms with Crippen molar-refractivity contribution in [3.8, 4) is 23.3 Å².